The van der Waals surface area contributed by atoms with E-state index in [9.17, 15) is 4.79 Å². The van der Waals surface area contributed by atoms with Crippen LogP contribution in [0.1, 0.15) is 18.9 Å². The first-order chi connectivity index (χ1) is 8.76. The average molecular weight is 248 g/mol. The molecule has 98 valence electrons. The van der Waals surface area contributed by atoms with Crippen molar-refractivity contribution in [2.45, 2.75) is 19.8 Å². The zero-order valence-electron chi connectivity index (χ0n) is 11.0. The van der Waals surface area contributed by atoms with Gasteiger partial charge in [0.25, 0.3) is 5.91 Å². The summed E-state index contributed by atoms with van der Waals surface area (Å²) in [6.45, 7) is 3.36. The SMILES string of the molecule is CCCN(OC)C(=O)C1CNc2ccccc2C1. The Bertz CT molecular complexity index is 420. The maximum absolute atomic E-state index is 12.3. The summed E-state index contributed by atoms with van der Waals surface area (Å²) in [5.41, 5.74) is 2.34. The third kappa shape index (κ3) is 2.64. The summed E-state index contributed by atoms with van der Waals surface area (Å²) in [6.07, 6.45) is 1.68. The number of para-hydroxylation sites is 1. The van der Waals surface area contributed by atoms with Crippen molar-refractivity contribution in [3.8, 4) is 0 Å². The minimum atomic E-state index is -0.0357. The van der Waals surface area contributed by atoms with Gasteiger partial charge < -0.3 is 5.32 Å². The summed E-state index contributed by atoms with van der Waals surface area (Å²) in [6, 6.07) is 8.13. The number of fused-ring (bicyclic) bond motifs is 1. The first-order valence-corrected chi connectivity index (χ1v) is 6.43. The molecule has 0 aliphatic carbocycles. The second-order valence-electron chi connectivity index (χ2n) is 4.56. The van der Waals surface area contributed by atoms with Crippen LogP contribution < -0.4 is 5.32 Å². The normalized spacial score (nSPS) is 17.8. The monoisotopic (exact) mass is 248 g/mol. The van der Waals surface area contributed by atoms with E-state index in [4.69, 9.17) is 4.84 Å². The first-order valence-electron chi connectivity index (χ1n) is 6.43. The Morgan fingerprint density at radius 1 is 1.50 bits per heavy atom. The van der Waals surface area contributed by atoms with Gasteiger partial charge in [0.2, 0.25) is 0 Å². The van der Waals surface area contributed by atoms with Crippen molar-refractivity contribution in [1.82, 2.24) is 5.06 Å². The molecule has 0 saturated carbocycles. The van der Waals surface area contributed by atoms with Crippen LogP contribution in [0.3, 0.4) is 0 Å². The van der Waals surface area contributed by atoms with Crippen molar-refractivity contribution >= 4 is 11.6 Å². The number of benzene rings is 1. The van der Waals surface area contributed by atoms with Gasteiger partial charge in [-0.3, -0.25) is 9.63 Å². The van der Waals surface area contributed by atoms with Crippen LogP contribution in [-0.4, -0.2) is 31.2 Å². The van der Waals surface area contributed by atoms with Crippen LogP contribution in [0, 0.1) is 5.92 Å². The average Bonchev–Trinajstić information content (AvgIpc) is 2.43. The molecule has 0 bridgehead atoms. The summed E-state index contributed by atoms with van der Waals surface area (Å²) >= 11 is 0. The Balaban J connectivity index is 2.06. The van der Waals surface area contributed by atoms with E-state index in [2.05, 4.69) is 17.4 Å². The van der Waals surface area contributed by atoms with E-state index in [-0.39, 0.29) is 11.8 Å². The molecule has 1 aliphatic heterocycles. The van der Waals surface area contributed by atoms with E-state index in [0.29, 0.717) is 13.1 Å². The van der Waals surface area contributed by atoms with Crippen molar-refractivity contribution in [3.63, 3.8) is 0 Å². The smallest absolute Gasteiger partial charge is 0.251 e. The van der Waals surface area contributed by atoms with E-state index in [0.717, 1.165) is 18.5 Å². The van der Waals surface area contributed by atoms with Gasteiger partial charge in [0.1, 0.15) is 0 Å². The van der Waals surface area contributed by atoms with Gasteiger partial charge in [-0.2, -0.15) is 0 Å². The Hall–Kier alpha value is -1.55. The lowest BCUT2D eigenvalue weighted by molar-refractivity contribution is -0.180. The molecule has 18 heavy (non-hydrogen) atoms. The standard InChI is InChI=1S/C14H20N2O2/c1-3-8-16(18-2)14(17)12-9-11-6-4-5-7-13(11)15-10-12/h4-7,12,15H,3,8-10H2,1-2H3. The fourth-order valence-corrected chi connectivity index (χ4v) is 2.31. The third-order valence-electron chi connectivity index (χ3n) is 3.26. The molecule has 0 fully saturated rings. The molecular weight excluding hydrogens is 228 g/mol. The number of nitrogens with zero attached hydrogens (tertiary/aromatic N) is 1. The molecule has 1 unspecified atom stereocenters. The molecule has 0 spiro atoms. The van der Waals surface area contributed by atoms with Crippen molar-refractivity contribution in [3.05, 3.63) is 29.8 Å². The van der Waals surface area contributed by atoms with Crippen LogP contribution in [0.25, 0.3) is 0 Å². The fraction of sp³-hybridized carbons (Fsp3) is 0.500. The van der Waals surface area contributed by atoms with E-state index in [1.807, 2.05) is 19.1 Å². The van der Waals surface area contributed by atoms with Gasteiger partial charge in [-0.1, -0.05) is 25.1 Å². The van der Waals surface area contributed by atoms with Gasteiger partial charge in [0.15, 0.2) is 0 Å². The molecule has 4 nitrogen and oxygen atoms in total. The second kappa shape index (κ2) is 5.87. The quantitative estimate of drug-likeness (QED) is 0.829. The Morgan fingerprint density at radius 2 is 2.28 bits per heavy atom. The van der Waals surface area contributed by atoms with Gasteiger partial charge in [0.05, 0.1) is 13.0 Å². The Morgan fingerprint density at radius 3 is 3.00 bits per heavy atom. The predicted octanol–water partition coefficient (Wildman–Crippen LogP) is 2.07. The van der Waals surface area contributed by atoms with Gasteiger partial charge in [-0.05, 0) is 24.5 Å². The van der Waals surface area contributed by atoms with E-state index >= 15 is 0 Å². The lowest BCUT2D eigenvalue weighted by Gasteiger charge is -2.29. The molecule has 2 rings (SSSR count). The van der Waals surface area contributed by atoms with Crippen LogP contribution in [0.2, 0.25) is 0 Å². The molecule has 1 N–H and O–H groups in total. The van der Waals surface area contributed by atoms with Crippen molar-refractivity contribution in [1.29, 1.82) is 0 Å². The molecule has 0 radical (unpaired) electrons. The van der Waals surface area contributed by atoms with Crippen LogP contribution >= 0.6 is 0 Å². The Labute approximate surface area is 108 Å². The summed E-state index contributed by atoms with van der Waals surface area (Å²) < 4.78 is 0. The predicted molar refractivity (Wildman–Crippen MR) is 71.1 cm³/mol. The highest BCUT2D eigenvalue weighted by Crippen LogP contribution is 2.25. The van der Waals surface area contributed by atoms with Gasteiger partial charge in [0, 0.05) is 18.8 Å². The molecule has 0 aromatic heterocycles. The Kier molecular flexibility index (Phi) is 4.20. The van der Waals surface area contributed by atoms with E-state index in [1.54, 1.807) is 7.11 Å². The zero-order valence-corrected chi connectivity index (χ0v) is 11.0. The largest absolute Gasteiger partial charge is 0.384 e. The second-order valence-corrected chi connectivity index (χ2v) is 4.56. The number of rotatable bonds is 4. The number of nitrogens with one attached hydrogen (secondary N) is 1. The highest BCUT2D eigenvalue weighted by Gasteiger charge is 2.28. The summed E-state index contributed by atoms with van der Waals surface area (Å²) in [4.78, 5) is 17.4. The molecule has 1 heterocycles. The molecule has 1 aliphatic rings. The zero-order chi connectivity index (χ0) is 13.0. The van der Waals surface area contributed by atoms with E-state index < -0.39 is 0 Å². The molecular formula is C14H20N2O2. The topological polar surface area (TPSA) is 41.6 Å². The van der Waals surface area contributed by atoms with Gasteiger partial charge >= 0.3 is 0 Å². The number of hydrogen-bond donors (Lipinski definition) is 1. The number of hydrogen-bond acceptors (Lipinski definition) is 3. The molecule has 1 aromatic rings. The lowest BCUT2D eigenvalue weighted by Crippen LogP contribution is -2.41. The van der Waals surface area contributed by atoms with Gasteiger partial charge in [-0.25, -0.2) is 5.06 Å². The maximum atomic E-state index is 12.3. The van der Waals surface area contributed by atoms with Crippen LogP contribution in [-0.2, 0) is 16.1 Å². The molecule has 1 amide bonds. The summed E-state index contributed by atoms with van der Waals surface area (Å²) in [7, 11) is 1.55. The van der Waals surface area contributed by atoms with Gasteiger partial charge in [-0.15, -0.1) is 0 Å². The minimum absolute atomic E-state index is 0.0357. The number of carbonyl (C=O) groups is 1. The van der Waals surface area contributed by atoms with Crippen LogP contribution in [0.4, 0.5) is 5.69 Å². The van der Waals surface area contributed by atoms with Crippen LogP contribution in [0.15, 0.2) is 24.3 Å². The highest BCUT2D eigenvalue weighted by molar-refractivity contribution is 5.80. The minimum Gasteiger partial charge on any atom is -0.384 e. The van der Waals surface area contributed by atoms with Crippen molar-refractivity contribution in [2.24, 2.45) is 5.92 Å². The van der Waals surface area contributed by atoms with Crippen molar-refractivity contribution in [2.75, 3.05) is 25.5 Å². The molecule has 4 heteroatoms. The molecule has 0 saturated heterocycles. The molecule has 1 atom stereocenters. The molecule has 1 aromatic carbocycles. The highest BCUT2D eigenvalue weighted by atomic mass is 16.7. The van der Waals surface area contributed by atoms with Crippen molar-refractivity contribution < 1.29 is 9.63 Å². The number of anilines is 1. The maximum Gasteiger partial charge on any atom is 0.251 e. The summed E-state index contributed by atoms with van der Waals surface area (Å²) in [5, 5.41) is 4.78. The third-order valence-corrected chi connectivity index (χ3v) is 3.26. The van der Waals surface area contributed by atoms with Crippen LogP contribution in [0.5, 0.6) is 0 Å². The summed E-state index contributed by atoms with van der Waals surface area (Å²) in [5.74, 6) is 0.0350. The van der Waals surface area contributed by atoms with E-state index in [1.165, 1.54) is 10.6 Å². The number of carbonyl (C=O) groups excluding carboxylic acids is 1. The lowest BCUT2D eigenvalue weighted by atomic mass is 9.93. The fourth-order valence-electron chi connectivity index (χ4n) is 2.31. The number of hydroxylamine groups is 2. The first kappa shape index (κ1) is 12.9. The number of amides is 1.